The molecule has 0 amide bonds. The van der Waals surface area contributed by atoms with Gasteiger partial charge in [-0.3, -0.25) is 4.79 Å². The van der Waals surface area contributed by atoms with E-state index in [4.69, 9.17) is 0 Å². The van der Waals surface area contributed by atoms with Gasteiger partial charge in [0.25, 0.3) is 10.2 Å². The molecule has 1 rings (SSSR count). The smallest absolute Gasteiger partial charge is 0.306 e. The summed E-state index contributed by atoms with van der Waals surface area (Å²) in [5.41, 5.74) is 0. The van der Waals surface area contributed by atoms with Crippen LogP contribution >= 0.6 is 0 Å². The van der Waals surface area contributed by atoms with Gasteiger partial charge in [0.15, 0.2) is 0 Å². The summed E-state index contributed by atoms with van der Waals surface area (Å²) in [6.07, 6.45) is 3.08. The Bertz CT molecular complexity index is 397. The van der Waals surface area contributed by atoms with Crippen LogP contribution in [0.2, 0.25) is 0 Å². The average Bonchev–Trinajstić information content (AvgIpc) is 2.44. The molecule has 1 unspecified atom stereocenters. The van der Waals surface area contributed by atoms with E-state index in [2.05, 4.69) is 11.7 Å². The molecule has 112 valence electrons. The molecule has 1 aliphatic rings. The number of esters is 1. The molecule has 0 N–H and O–H groups in total. The van der Waals surface area contributed by atoms with E-state index in [1.54, 1.807) is 0 Å². The summed E-state index contributed by atoms with van der Waals surface area (Å²) in [4.78, 5) is 11.1. The van der Waals surface area contributed by atoms with Gasteiger partial charge in [-0.1, -0.05) is 13.3 Å². The number of carbonyl (C=O) groups is 1. The van der Waals surface area contributed by atoms with Crippen LogP contribution in [0, 0.1) is 5.92 Å². The predicted octanol–water partition coefficient (Wildman–Crippen LogP) is 0.848. The van der Waals surface area contributed by atoms with Crippen LogP contribution < -0.4 is 0 Å². The second-order valence-electron chi connectivity index (χ2n) is 4.93. The van der Waals surface area contributed by atoms with Crippen molar-refractivity contribution in [1.29, 1.82) is 0 Å². The topological polar surface area (TPSA) is 66.9 Å². The summed E-state index contributed by atoms with van der Waals surface area (Å²) in [6, 6.07) is 0. The molecular weight excluding hydrogens is 268 g/mol. The van der Waals surface area contributed by atoms with Crippen LogP contribution in [0.4, 0.5) is 0 Å². The van der Waals surface area contributed by atoms with Gasteiger partial charge in [-0.25, -0.2) is 0 Å². The summed E-state index contributed by atoms with van der Waals surface area (Å²) in [7, 11) is -0.643. The van der Waals surface area contributed by atoms with Crippen LogP contribution in [-0.4, -0.2) is 56.8 Å². The van der Waals surface area contributed by atoms with Crippen molar-refractivity contribution in [3.63, 3.8) is 0 Å². The van der Waals surface area contributed by atoms with Crippen LogP contribution in [0.5, 0.6) is 0 Å². The van der Waals surface area contributed by atoms with Crippen molar-refractivity contribution in [3.8, 4) is 0 Å². The molecule has 1 aliphatic heterocycles. The molecule has 1 heterocycles. The zero-order chi connectivity index (χ0) is 14.5. The van der Waals surface area contributed by atoms with E-state index in [1.165, 1.54) is 22.8 Å². The number of methoxy groups -OCH3 is 1. The van der Waals surface area contributed by atoms with Crippen molar-refractivity contribution < 1.29 is 17.9 Å². The van der Waals surface area contributed by atoms with Crippen molar-refractivity contribution in [3.05, 3.63) is 0 Å². The Labute approximate surface area is 115 Å². The molecule has 0 aliphatic carbocycles. The third kappa shape index (κ3) is 4.43. The molecule has 1 saturated heterocycles. The second-order valence-corrected chi connectivity index (χ2v) is 6.97. The molecule has 0 aromatic carbocycles. The fourth-order valence-corrected chi connectivity index (χ4v) is 3.71. The summed E-state index contributed by atoms with van der Waals surface area (Å²) < 4.78 is 32.0. The van der Waals surface area contributed by atoms with E-state index in [1.807, 2.05) is 0 Å². The van der Waals surface area contributed by atoms with Gasteiger partial charge in [0.2, 0.25) is 0 Å². The minimum Gasteiger partial charge on any atom is -0.469 e. The summed E-state index contributed by atoms with van der Waals surface area (Å²) in [5, 5.41) is 0. The third-order valence-corrected chi connectivity index (χ3v) is 5.59. The number of hydrogen-bond donors (Lipinski definition) is 0. The molecule has 19 heavy (non-hydrogen) atoms. The number of ether oxygens (including phenoxy) is 1. The maximum Gasteiger partial charge on any atom is 0.306 e. The lowest BCUT2D eigenvalue weighted by molar-refractivity contribution is -0.140. The molecule has 0 saturated carbocycles. The van der Waals surface area contributed by atoms with E-state index >= 15 is 0 Å². The minimum atomic E-state index is -3.45. The van der Waals surface area contributed by atoms with Gasteiger partial charge in [-0.15, -0.1) is 0 Å². The van der Waals surface area contributed by atoms with Crippen molar-refractivity contribution in [1.82, 2.24) is 8.61 Å². The van der Waals surface area contributed by atoms with Gasteiger partial charge >= 0.3 is 5.97 Å². The zero-order valence-electron chi connectivity index (χ0n) is 12.0. The normalized spacial score (nSPS) is 21.6. The van der Waals surface area contributed by atoms with E-state index in [-0.39, 0.29) is 13.0 Å². The highest BCUT2D eigenvalue weighted by Crippen LogP contribution is 2.22. The van der Waals surface area contributed by atoms with Crippen LogP contribution in [0.25, 0.3) is 0 Å². The van der Waals surface area contributed by atoms with E-state index in [0.717, 1.165) is 19.3 Å². The van der Waals surface area contributed by atoms with Gasteiger partial charge in [0.05, 0.1) is 13.5 Å². The third-order valence-electron chi connectivity index (χ3n) is 3.64. The van der Waals surface area contributed by atoms with Gasteiger partial charge in [-0.05, 0) is 18.8 Å². The number of rotatable bonds is 6. The van der Waals surface area contributed by atoms with Crippen molar-refractivity contribution >= 4 is 16.2 Å². The van der Waals surface area contributed by atoms with Crippen LogP contribution in [0.1, 0.15) is 32.6 Å². The maximum absolute atomic E-state index is 12.3. The molecule has 0 aromatic rings. The number of hydrogen-bond acceptors (Lipinski definition) is 4. The molecule has 1 atom stereocenters. The molecular formula is C12H24N2O4S. The Morgan fingerprint density at radius 1 is 1.47 bits per heavy atom. The molecule has 0 aromatic heterocycles. The second kappa shape index (κ2) is 7.21. The Kier molecular flexibility index (Phi) is 6.22. The Morgan fingerprint density at radius 2 is 2.16 bits per heavy atom. The van der Waals surface area contributed by atoms with Crippen molar-refractivity contribution in [2.45, 2.75) is 32.6 Å². The monoisotopic (exact) mass is 292 g/mol. The van der Waals surface area contributed by atoms with Gasteiger partial charge < -0.3 is 4.74 Å². The lowest BCUT2D eigenvalue weighted by Gasteiger charge is -2.34. The fourth-order valence-electron chi connectivity index (χ4n) is 2.23. The SMILES string of the molecule is CCC1CCCN(S(=O)(=O)N(C)CCC(=O)OC)C1. The van der Waals surface area contributed by atoms with Gasteiger partial charge in [0.1, 0.15) is 0 Å². The van der Waals surface area contributed by atoms with Crippen LogP contribution in [-0.2, 0) is 19.7 Å². The standard InChI is InChI=1S/C12H24N2O4S/c1-4-11-6-5-8-14(10-11)19(16,17)13(2)9-7-12(15)18-3/h11H,4-10H2,1-3H3. The Balaban J connectivity index is 2.60. The molecule has 0 bridgehead atoms. The first-order valence-corrected chi connectivity index (χ1v) is 8.09. The fraction of sp³-hybridized carbons (Fsp3) is 0.917. The average molecular weight is 292 g/mol. The quantitative estimate of drug-likeness (QED) is 0.681. The number of piperidine rings is 1. The summed E-state index contributed by atoms with van der Waals surface area (Å²) >= 11 is 0. The summed E-state index contributed by atoms with van der Waals surface area (Å²) in [6.45, 7) is 3.40. The number of nitrogens with zero attached hydrogens (tertiary/aromatic N) is 2. The lowest BCUT2D eigenvalue weighted by atomic mass is 9.97. The predicted molar refractivity (Wildman–Crippen MR) is 72.8 cm³/mol. The van der Waals surface area contributed by atoms with E-state index in [0.29, 0.717) is 19.0 Å². The van der Waals surface area contributed by atoms with Crippen molar-refractivity contribution in [2.24, 2.45) is 5.92 Å². The van der Waals surface area contributed by atoms with E-state index in [9.17, 15) is 13.2 Å². The lowest BCUT2D eigenvalue weighted by Crippen LogP contribution is -2.47. The highest BCUT2D eigenvalue weighted by atomic mass is 32.2. The first kappa shape index (κ1) is 16.4. The van der Waals surface area contributed by atoms with Crippen LogP contribution in [0.15, 0.2) is 0 Å². The van der Waals surface area contributed by atoms with Gasteiger partial charge in [-0.2, -0.15) is 17.0 Å². The highest BCUT2D eigenvalue weighted by Gasteiger charge is 2.31. The minimum absolute atomic E-state index is 0.0806. The van der Waals surface area contributed by atoms with Crippen molar-refractivity contribution in [2.75, 3.05) is 33.8 Å². The number of carbonyl (C=O) groups excluding carboxylic acids is 1. The molecule has 6 nitrogen and oxygen atoms in total. The molecule has 1 fully saturated rings. The maximum atomic E-state index is 12.3. The summed E-state index contributed by atoms with van der Waals surface area (Å²) in [5.74, 6) is 0.0460. The Morgan fingerprint density at radius 3 is 2.74 bits per heavy atom. The highest BCUT2D eigenvalue weighted by molar-refractivity contribution is 7.86. The zero-order valence-corrected chi connectivity index (χ0v) is 12.8. The van der Waals surface area contributed by atoms with Gasteiger partial charge in [0, 0.05) is 26.7 Å². The molecule has 0 spiro atoms. The van der Waals surface area contributed by atoms with Crippen LogP contribution in [0.3, 0.4) is 0 Å². The molecule has 7 heteroatoms. The van der Waals surface area contributed by atoms with E-state index < -0.39 is 16.2 Å². The largest absolute Gasteiger partial charge is 0.469 e. The molecule has 0 radical (unpaired) electrons. The first-order chi connectivity index (χ1) is 8.91. The Hall–Kier alpha value is -0.660. The first-order valence-electron chi connectivity index (χ1n) is 6.70.